The number of fused-ring (bicyclic) bond motifs is 1. The molecule has 2 rings (SSSR count). The standard InChI is InChI=1S/C13H16O5/c1-8-6-9(11(14)13(15)16-2)7-10-12(8)18-5-3-4-17-10/h6-7,11,14H,3-5H2,1-2H3. The van der Waals surface area contributed by atoms with E-state index in [-0.39, 0.29) is 0 Å². The molecule has 5 heteroatoms. The largest absolute Gasteiger partial charge is 0.490 e. The Morgan fingerprint density at radius 2 is 2.11 bits per heavy atom. The fourth-order valence-electron chi connectivity index (χ4n) is 1.88. The Morgan fingerprint density at radius 1 is 1.39 bits per heavy atom. The minimum absolute atomic E-state index is 0.448. The Bertz CT molecular complexity index is 455. The maximum atomic E-state index is 11.3. The first-order chi connectivity index (χ1) is 8.63. The number of aryl methyl sites for hydroxylation is 1. The molecule has 0 saturated carbocycles. The molecule has 0 bridgehead atoms. The van der Waals surface area contributed by atoms with Crippen LogP contribution in [0.1, 0.15) is 23.7 Å². The third-order valence-electron chi connectivity index (χ3n) is 2.80. The van der Waals surface area contributed by atoms with Gasteiger partial charge in [0.1, 0.15) is 0 Å². The van der Waals surface area contributed by atoms with Gasteiger partial charge in [0.05, 0.1) is 20.3 Å². The molecule has 0 amide bonds. The summed E-state index contributed by atoms with van der Waals surface area (Å²) in [7, 11) is 1.24. The zero-order valence-corrected chi connectivity index (χ0v) is 10.4. The van der Waals surface area contributed by atoms with Crippen molar-refractivity contribution in [2.45, 2.75) is 19.4 Å². The van der Waals surface area contributed by atoms with Crippen LogP contribution in [-0.4, -0.2) is 31.4 Å². The zero-order chi connectivity index (χ0) is 13.1. The first-order valence-electron chi connectivity index (χ1n) is 5.79. The SMILES string of the molecule is COC(=O)C(O)c1cc(C)c2c(c1)OCCCO2. The second-order valence-electron chi connectivity index (χ2n) is 4.14. The summed E-state index contributed by atoms with van der Waals surface area (Å²) in [5, 5.41) is 9.81. The fraction of sp³-hybridized carbons (Fsp3) is 0.462. The summed E-state index contributed by atoms with van der Waals surface area (Å²) >= 11 is 0. The van der Waals surface area contributed by atoms with Gasteiger partial charge in [-0.05, 0) is 30.2 Å². The van der Waals surface area contributed by atoms with Crippen LogP contribution < -0.4 is 9.47 Å². The molecular formula is C13H16O5. The van der Waals surface area contributed by atoms with Crippen molar-refractivity contribution in [2.75, 3.05) is 20.3 Å². The summed E-state index contributed by atoms with van der Waals surface area (Å²) in [6.07, 6.45) is -0.492. The van der Waals surface area contributed by atoms with Gasteiger partial charge in [-0.3, -0.25) is 0 Å². The maximum absolute atomic E-state index is 11.3. The number of esters is 1. The highest BCUT2D eigenvalue weighted by Crippen LogP contribution is 2.36. The van der Waals surface area contributed by atoms with E-state index in [1.165, 1.54) is 7.11 Å². The Balaban J connectivity index is 2.37. The van der Waals surface area contributed by atoms with Gasteiger partial charge in [0.2, 0.25) is 0 Å². The fourth-order valence-corrected chi connectivity index (χ4v) is 1.88. The first-order valence-corrected chi connectivity index (χ1v) is 5.79. The van der Waals surface area contributed by atoms with Crippen LogP contribution in [-0.2, 0) is 9.53 Å². The lowest BCUT2D eigenvalue weighted by Gasteiger charge is -2.15. The van der Waals surface area contributed by atoms with Crippen LogP contribution in [0.2, 0.25) is 0 Å². The lowest BCUT2D eigenvalue weighted by atomic mass is 10.0. The van der Waals surface area contributed by atoms with Crippen LogP contribution in [0, 0.1) is 6.92 Å². The molecule has 1 aromatic carbocycles. The van der Waals surface area contributed by atoms with Crippen molar-refractivity contribution in [1.82, 2.24) is 0 Å². The summed E-state index contributed by atoms with van der Waals surface area (Å²) < 4.78 is 15.6. The van der Waals surface area contributed by atoms with E-state index < -0.39 is 12.1 Å². The van der Waals surface area contributed by atoms with Gasteiger partial charge >= 0.3 is 5.97 Å². The molecule has 1 aromatic rings. The molecule has 0 saturated heterocycles. The third-order valence-corrected chi connectivity index (χ3v) is 2.80. The summed E-state index contributed by atoms with van der Waals surface area (Å²) in [5.41, 5.74) is 1.27. The normalized spacial score (nSPS) is 15.7. The number of rotatable bonds is 2. The number of benzene rings is 1. The van der Waals surface area contributed by atoms with Gasteiger partial charge in [0.15, 0.2) is 17.6 Å². The Labute approximate surface area is 105 Å². The number of hydrogen-bond acceptors (Lipinski definition) is 5. The lowest BCUT2D eigenvalue weighted by Crippen LogP contribution is -2.14. The molecule has 1 aliphatic heterocycles. The van der Waals surface area contributed by atoms with E-state index in [0.29, 0.717) is 30.3 Å². The van der Waals surface area contributed by atoms with Crippen LogP contribution in [0.3, 0.4) is 0 Å². The number of carbonyl (C=O) groups is 1. The van der Waals surface area contributed by atoms with Gasteiger partial charge in [0.25, 0.3) is 0 Å². The summed E-state index contributed by atoms with van der Waals surface area (Å²) in [6, 6.07) is 3.32. The highest BCUT2D eigenvalue weighted by Gasteiger charge is 2.22. The Hall–Kier alpha value is -1.75. The van der Waals surface area contributed by atoms with Crippen molar-refractivity contribution in [1.29, 1.82) is 0 Å². The number of methoxy groups -OCH3 is 1. The van der Waals surface area contributed by atoms with E-state index in [2.05, 4.69) is 4.74 Å². The molecule has 0 radical (unpaired) electrons. The van der Waals surface area contributed by atoms with Crippen LogP contribution in [0.5, 0.6) is 11.5 Å². The maximum Gasteiger partial charge on any atom is 0.339 e. The van der Waals surface area contributed by atoms with E-state index in [1.54, 1.807) is 12.1 Å². The monoisotopic (exact) mass is 252 g/mol. The first kappa shape index (κ1) is 12.7. The molecule has 1 heterocycles. The summed E-state index contributed by atoms with van der Waals surface area (Å²) in [4.78, 5) is 11.3. The van der Waals surface area contributed by atoms with E-state index in [4.69, 9.17) is 9.47 Å². The Kier molecular flexibility index (Phi) is 3.72. The molecule has 98 valence electrons. The van der Waals surface area contributed by atoms with Crippen LogP contribution in [0.4, 0.5) is 0 Å². The molecule has 5 nitrogen and oxygen atoms in total. The molecule has 1 atom stereocenters. The van der Waals surface area contributed by atoms with E-state index in [0.717, 1.165) is 12.0 Å². The van der Waals surface area contributed by atoms with Crippen molar-refractivity contribution in [3.05, 3.63) is 23.3 Å². The smallest absolute Gasteiger partial charge is 0.339 e. The molecular weight excluding hydrogens is 236 g/mol. The highest BCUT2D eigenvalue weighted by atomic mass is 16.5. The average molecular weight is 252 g/mol. The molecule has 0 aromatic heterocycles. The van der Waals surface area contributed by atoms with Gasteiger partial charge in [-0.2, -0.15) is 0 Å². The highest BCUT2D eigenvalue weighted by molar-refractivity contribution is 5.76. The average Bonchev–Trinajstić information content (AvgIpc) is 2.62. The molecule has 0 aliphatic carbocycles. The molecule has 1 unspecified atom stereocenters. The van der Waals surface area contributed by atoms with Gasteiger partial charge in [-0.15, -0.1) is 0 Å². The van der Waals surface area contributed by atoms with Crippen molar-refractivity contribution in [3.8, 4) is 11.5 Å². The van der Waals surface area contributed by atoms with E-state index in [9.17, 15) is 9.90 Å². The number of aliphatic hydroxyl groups excluding tert-OH is 1. The minimum atomic E-state index is -1.30. The molecule has 1 aliphatic rings. The van der Waals surface area contributed by atoms with Gasteiger partial charge in [-0.1, -0.05) is 0 Å². The third kappa shape index (κ3) is 2.41. The molecule has 0 spiro atoms. The summed E-state index contributed by atoms with van der Waals surface area (Å²) in [5.74, 6) is 0.544. The summed E-state index contributed by atoms with van der Waals surface area (Å²) in [6.45, 7) is 3.01. The number of aliphatic hydroxyl groups is 1. The predicted octanol–water partition coefficient (Wildman–Crippen LogP) is 1.36. The van der Waals surface area contributed by atoms with Crippen LogP contribution in [0.25, 0.3) is 0 Å². The zero-order valence-electron chi connectivity index (χ0n) is 10.4. The van der Waals surface area contributed by atoms with E-state index in [1.807, 2.05) is 6.92 Å². The lowest BCUT2D eigenvalue weighted by molar-refractivity contribution is -0.150. The van der Waals surface area contributed by atoms with Crippen molar-refractivity contribution >= 4 is 5.97 Å². The second kappa shape index (κ2) is 5.27. The van der Waals surface area contributed by atoms with Crippen molar-refractivity contribution in [3.63, 3.8) is 0 Å². The predicted molar refractivity (Wildman–Crippen MR) is 63.8 cm³/mol. The molecule has 1 N–H and O–H groups in total. The van der Waals surface area contributed by atoms with Gasteiger partial charge in [-0.25, -0.2) is 4.79 Å². The Morgan fingerprint density at radius 3 is 2.83 bits per heavy atom. The second-order valence-corrected chi connectivity index (χ2v) is 4.14. The number of hydrogen-bond donors (Lipinski definition) is 1. The van der Waals surface area contributed by atoms with Crippen molar-refractivity contribution < 1.29 is 24.1 Å². The van der Waals surface area contributed by atoms with E-state index >= 15 is 0 Å². The van der Waals surface area contributed by atoms with Crippen LogP contribution in [0.15, 0.2) is 12.1 Å². The minimum Gasteiger partial charge on any atom is -0.490 e. The van der Waals surface area contributed by atoms with Crippen molar-refractivity contribution in [2.24, 2.45) is 0 Å². The quantitative estimate of drug-likeness (QED) is 0.805. The number of carbonyl (C=O) groups excluding carboxylic acids is 1. The molecule has 18 heavy (non-hydrogen) atoms. The molecule has 0 fully saturated rings. The topological polar surface area (TPSA) is 65.0 Å². The van der Waals surface area contributed by atoms with Crippen LogP contribution >= 0.6 is 0 Å². The van der Waals surface area contributed by atoms with Gasteiger partial charge < -0.3 is 19.3 Å². The number of ether oxygens (including phenoxy) is 3. The van der Waals surface area contributed by atoms with Gasteiger partial charge in [0, 0.05) is 6.42 Å².